The summed E-state index contributed by atoms with van der Waals surface area (Å²) in [6.45, 7) is 3.93. The zero-order chi connectivity index (χ0) is 17.7. The Balaban J connectivity index is 1.83. The van der Waals surface area contributed by atoms with E-state index in [-0.39, 0.29) is 22.8 Å². The van der Waals surface area contributed by atoms with Crippen molar-refractivity contribution in [3.63, 3.8) is 0 Å². The number of benzene rings is 1. The molecule has 2 atom stereocenters. The lowest BCUT2D eigenvalue weighted by atomic mass is 10.0. The zero-order valence-electron chi connectivity index (χ0n) is 14.0. The van der Waals surface area contributed by atoms with Crippen LogP contribution < -0.4 is 5.43 Å². The van der Waals surface area contributed by atoms with E-state index in [0.717, 1.165) is 17.7 Å². The Morgan fingerprint density at radius 1 is 1.24 bits per heavy atom. The molecule has 5 heteroatoms. The molecule has 0 amide bonds. The van der Waals surface area contributed by atoms with Crippen LogP contribution in [0.2, 0.25) is 0 Å². The molecule has 0 bridgehead atoms. The highest BCUT2D eigenvalue weighted by atomic mass is 16.4. The van der Waals surface area contributed by atoms with Gasteiger partial charge in [-0.25, -0.2) is 4.79 Å². The molecule has 0 saturated heterocycles. The molecule has 4 rings (SSSR count). The molecule has 0 spiro atoms. The van der Waals surface area contributed by atoms with Gasteiger partial charge in [-0.3, -0.25) is 4.79 Å². The van der Waals surface area contributed by atoms with E-state index >= 15 is 0 Å². The van der Waals surface area contributed by atoms with Gasteiger partial charge in [-0.2, -0.15) is 0 Å². The first-order chi connectivity index (χ1) is 12.0. The fourth-order valence-corrected chi connectivity index (χ4v) is 3.56. The van der Waals surface area contributed by atoms with Crippen molar-refractivity contribution < 1.29 is 18.7 Å². The van der Waals surface area contributed by atoms with E-state index in [1.54, 1.807) is 12.3 Å². The van der Waals surface area contributed by atoms with Crippen molar-refractivity contribution in [2.75, 3.05) is 0 Å². The third-order valence-electron chi connectivity index (χ3n) is 4.98. The smallest absolute Gasteiger partial charge is 0.335 e. The average molecular weight is 338 g/mol. The number of carboxylic acid groups (broad SMARTS) is 1. The van der Waals surface area contributed by atoms with Gasteiger partial charge in [-0.15, -0.1) is 0 Å². The van der Waals surface area contributed by atoms with E-state index in [1.807, 2.05) is 19.9 Å². The molecule has 1 saturated carbocycles. The first-order valence-corrected chi connectivity index (χ1v) is 8.38. The second kappa shape index (κ2) is 5.62. The van der Waals surface area contributed by atoms with Gasteiger partial charge in [0.05, 0.1) is 17.2 Å². The Morgan fingerprint density at radius 3 is 2.64 bits per heavy atom. The summed E-state index contributed by atoms with van der Waals surface area (Å²) < 4.78 is 11.6. The van der Waals surface area contributed by atoms with Gasteiger partial charge in [0.25, 0.3) is 0 Å². The van der Waals surface area contributed by atoms with E-state index in [4.69, 9.17) is 13.9 Å². The Bertz CT molecular complexity index is 1040. The first-order valence-electron chi connectivity index (χ1n) is 8.38. The van der Waals surface area contributed by atoms with Crippen LogP contribution in [0.25, 0.3) is 11.0 Å². The normalized spacial score (nSPS) is 19.3. The summed E-state index contributed by atoms with van der Waals surface area (Å²) >= 11 is 0. The number of rotatable bonds is 4. The lowest BCUT2D eigenvalue weighted by Gasteiger charge is -2.09. The molecule has 1 aliphatic carbocycles. The number of aromatic carboxylic acids is 1. The maximum atomic E-state index is 12.9. The molecule has 1 aromatic carbocycles. The van der Waals surface area contributed by atoms with Crippen molar-refractivity contribution in [2.24, 2.45) is 0 Å². The van der Waals surface area contributed by atoms with Crippen molar-refractivity contribution in [3.05, 3.63) is 69.0 Å². The lowest BCUT2D eigenvalue weighted by Crippen LogP contribution is -2.13. The quantitative estimate of drug-likeness (QED) is 0.770. The van der Waals surface area contributed by atoms with Crippen molar-refractivity contribution in [1.29, 1.82) is 0 Å². The van der Waals surface area contributed by atoms with Gasteiger partial charge in [-0.1, -0.05) is 6.92 Å². The summed E-state index contributed by atoms with van der Waals surface area (Å²) in [6.07, 6.45) is 3.12. The molecule has 2 aromatic heterocycles. The Hall–Kier alpha value is -2.82. The lowest BCUT2D eigenvalue weighted by molar-refractivity contribution is 0.0697. The minimum absolute atomic E-state index is 0.0881. The predicted octanol–water partition coefficient (Wildman–Crippen LogP) is 4.23. The fourth-order valence-electron chi connectivity index (χ4n) is 3.56. The number of hydrogen-bond donors (Lipinski definition) is 1. The summed E-state index contributed by atoms with van der Waals surface area (Å²) in [4.78, 5) is 24.0. The Morgan fingerprint density at radius 2 is 2.00 bits per heavy atom. The van der Waals surface area contributed by atoms with Gasteiger partial charge in [-0.05, 0) is 49.6 Å². The Labute approximate surface area is 143 Å². The maximum Gasteiger partial charge on any atom is 0.335 e. The van der Waals surface area contributed by atoms with E-state index in [0.29, 0.717) is 28.7 Å². The van der Waals surface area contributed by atoms with Gasteiger partial charge in [0.15, 0.2) is 5.43 Å². The van der Waals surface area contributed by atoms with Gasteiger partial charge in [0.2, 0.25) is 0 Å². The van der Waals surface area contributed by atoms with Crippen LogP contribution in [0.5, 0.6) is 0 Å². The van der Waals surface area contributed by atoms with Crippen molar-refractivity contribution in [3.8, 4) is 0 Å². The topological polar surface area (TPSA) is 80.7 Å². The van der Waals surface area contributed by atoms with E-state index in [9.17, 15) is 9.59 Å². The molecule has 3 aromatic rings. The van der Waals surface area contributed by atoms with Gasteiger partial charge >= 0.3 is 5.97 Å². The highest BCUT2D eigenvalue weighted by Gasteiger charge is 2.45. The molecule has 1 fully saturated rings. The van der Waals surface area contributed by atoms with E-state index in [2.05, 4.69) is 0 Å². The number of fused-ring (bicyclic) bond motifs is 1. The van der Waals surface area contributed by atoms with E-state index < -0.39 is 5.97 Å². The number of aryl methyl sites for hydroxylation is 1. The SMILES string of the molecule is CCc1c(C2CC2c2occc2C)oc2ccc(C(=O)O)cc2c1=O. The molecular weight excluding hydrogens is 320 g/mol. The van der Waals surface area contributed by atoms with Crippen molar-refractivity contribution in [1.82, 2.24) is 0 Å². The minimum atomic E-state index is -1.06. The van der Waals surface area contributed by atoms with Crippen LogP contribution in [0.3, 0.4) is 0 Å². The summed E-state index contributed by atoms with van der Waals surface area (Å²) in [5.74, 6) is 0.981. The third-order valence-corrected chi connectivity index (χ3v) is 4.98. The molecule has 1 N–H and O–H groups in total. The van der Waals surface area contributed by atoms with Crippen molar-refractivity contribution >= 4 is 16.9 Å². The fraction of sp³-hybridized carbons (Fsp3) is 0.300. The summed E-state index contributed by atoms with van der Waals surface area (Å²) in [5, 5.41) is 9.46. The van der Waals surface area contributed by atoms with Crippen LogP contribution in [-0.4, -0.2) is 11.1 Å². The number of carbonyl (C=O) groups is 1. The van der Waals surface area contributed by atoms with E-state index in [1.165, 1.54) is 12.1 Å². The number of carboxylic acids is 1. The maximum absolute atomic E-state index is 12.9. The van der Waals surface area contributed by atoms with Gasteiger partial charge in [0.1, 0.15) is 17.1 Å². The van der Waals surface area contributed by atoms with Crippen molar-refractivity contribution in [2.45, 2.75) is 38.5 Å². The summed E-state index contributed by atoms with van der Waals surface area (Å²) in [6, 6.07) is 6.37. The number of furan rings is 1. The summed E-state index contributed by atoms with van der Waals surface area (Å²) in [5.41, 5.74) is 2.13. The molecule has 25 heavy (non-hydrogen) atoms. The van der Waals surface area contributed by atoms with Crippen LogP contribution in [0.4, 0.5) is 0 Å². The van der Waals surface area contributed by atoms with Crippen LogP contribution in [0.1, 0.15) is 58.2 Å². The molecule has 0 radical (unpaired) electrons. The zero-order valence-corrected chi connectivity index (χ0v) is 14.0. The third kappa shape index (κ3) is 2.47. The molecule has 0 aliphatic heterocycles. The molecule has 5 nitrogen and oxygen atoms in total. The predicted molar refractivity (Wildman–Crippen MR) is 92.4 cm³/mol. The highest BCUT2D eigenvalue weighted by Crippen LogP contribution is 2.56. The second-order valence-corrected chi connectivity index (χ2v) is 6.56. The minimum Gasteiger partial charge on any atom is -0.478 e. The molecular formula is C20H18O5. The first kappa shape index (κ1) is 15.7. The van der Waals surface area contributed by atoms with Gasteiger partial charge < -0.3 is 13.9 Å². The monoisotopic (exact) mass is 338 g/mol. The molecule has 2 heterocycles. The molecule has 1 aliphatic rings. The standard InChI is InChI=1S/C20H18O5/c1-3-12-17(21)15-8-11(20(22)23)4-5-16(15)25-19(12)14-9-13(14)18-10(2)6-7-24-18/h4-8,13-14H,3,9H2,1-2H3,(H,22,23). The van der Waals surface area contributed by atoms with Crippen LogP contribution in [0.15, 0.2) is 44.2 Å². The summed E-state index contributed by atoms with van der Waals surface area (Å²) in [7, 11) is 0. The second-order valence-electron chi connectivity index (χ2n) is 6.56. The molecule has 128 valence electrons. The average Bonchev–Trinajstić information content (AvgIpc) is 3.27. The largest absolute Gasteiger partial charge is 0.478 e. The number of hydrogen-bond acceptors (Lipinski definition) is 4. The van der Waals surface area contributed by atoms with Gasteiger partial charge in [0, 0.05) is 17.4 Å². The highest BCUT2D eigenvalue weighted by molar-refractivity contribution is 5.92. The Kier molecular flexibility index (Phi) is 3.53. The van der Waals surface area contributed by atoms with Crippen LogP contribution in [0, 0.1) is 6.92 Å². The van der Waals surface area contributed by atoms with Crippen LogP contribution in [-0.2, 0) is 6.42 Å². The van der Waals surface area contributed by atoms with Crippen LogP contribution >= 0.6 is 0 Å². The molecule has 2 unspecified atom stereocenters.